The summed E-state index contributed by atoms with van der Waals surface area (Å²) in [5.41, 5.74) is 7.76. The summed E-state index contributed by atoms with van der Waals surface area (Å²) in [6.45, 7) is 0.457. The van der Waals surface area contributed by atoms with Gasteiger partial charge in [0, 0.05) is 5.92 Å². The Morgan fingerprint density at radius 1 is 1.20 bits per heavy atom. The van der Waals surface area contributed by atoms with Gasteiger partial charge in [0.15, 0.2) is 11.5 Å². The summed E-state index contributed by atoms with van der Waals surface area (Å²) in [6, 6.07) is 11.7. The van der Waals surface area contributed by atoms with Crippen LogP contribution in [0.25, 0.3) is 0 Å². The Balaban J connectivity index is 2.17. The van der Waals surface area contributed by atoms with Crippen molar-refractivity contribution in [2.45, 2.75) is 12.3 Å². The van der Waals surface area contributed by atoms with E-state index in [0.717, 1.165) is 11.1 Å². The second-order valence-electron chi connectivity index (χ2n) is 4.69. The van der Waals surface area contributed by atoms with Gasteiger partial charge in [0.1, 0.15) is 5.82 Å². The number of aromatic hydroxyl groups is 1. The summed E-state index contributed by atoms with van der Waals surface area (Å²) in [5, 5.41) is 9.78. The van der Waals surface area contributed by atoms with Crippen LogP contribution in [0.1, 0.15) is 17.0 Å². The van der Waals surface area contributed by atoms with Crippen LogP contribution in [0.15, 0.2) is 42.5 Å². The Hall–Kier alpha value is -2.07. The van der Waals surface area contributed by atoms with Crippen molar-refractivity contribution in [2.24, 2.45) is 5.73 Å². The molecule has 0 aliphatic heterocycles. The topological polar surface area (TPSA) is 55.5 Å². The van der Waals surface area contributed by atoms with Crippen molar-refractivity contribution in [3.63, 3.8) is 0 Å². The van der Waals surface area contributed by atoms with Crippen LogP contribution >= 0.6 is 0 Å². The Morgan fingerprint density at radius 3 is 2.45 bits per heavy atom. The van der Waals surface area contributed by atoms with Crippen LogP contribution in [-0.4, -0.2) is 18.8 Å². The van der Waals surface area contributed by atoms with Gasteiger partial charge in [-0.25, -0.2) is 4.39 Å². The molecular formula is C16H18FNO2. The van der Waals surface area contributed by atoms with E-state index in [1.54, 1.807) is 24.3 Å². The van der Waals surface area contributed by atoms with Gasteiger partial charge < -0.3 is 15.6 Å². The highest BCUT2D eigenvalue weighted by Crippen LogP contribution is 2.29. The zero-order valence-corrected chi connectivity index (χ0v) is 11.3. The number of ether oxygens (including phenoxy) is 1. The van der Waals surface area contributed by atoms with E-state index in [9.17, 15) is 9.50 Å². The molecule has 2 aromatic carbocycles. The number of phenolic OH excluding ortho intramolecular Hbond substituents is 1. The molecule has 3 nitrogen and oxygen atoms in total. The third-order valence-electron chi connectivity index (χ3n) is 3.35. The van der Waals surface area contributed by atoms with Gasteiger partial charge in [-0.3, -0.25) is 0 Å². The molecule has 0 fully saturated rings. The van der Waals surface area contributed by atoms with Gasteiger partial charge in [-0.15, -0.1) is 0 Å². The van der Waals surface area contributed by atoms with Crippen molar-refractivity contribution in [3.8, 4) is 11.5 Å². The normalized spacial score (nSPS) is 12.2. The monoisotopic (exact) mass is 275 g/mol. The number of rotatable bonds is 5. The number of methoxy groups -OCH3 is 1. The van der Waals surface area contributed by atoms with E-state index in [2.05, 4.69) is 0 Å². The molecule has 0 radical (unpaired) electrons. The van der Waals surface area contributed by atoms with Crippen molar-refractivity contribution >= 4 is 0 Å². The minimum Gasteiger partial charge on any atom is -0.504 e. The van der Waals surface area contributed by atoms with E-state index in [0.29, 0.717) is 18.7 Å². The van der Waals surface area contributed by atoms with Crippen LogP contribution in [0.4, 0.5) is 4.39 Å². The van der Waals surface area contributed by atoms with Gasteiger partial charge in [0.05, 0.1) is 7.11 Å². The van der Waals surface area contributed by atoms with Gasteiger partial charge in [-0.2, -0.15) is 0 Å². The summed E-state index contributed by atoms with van der Waals surface area (Å²) in [4.78, 5) is 0. The van der Waals surface area contributed by atoms with Crippen LogP contribution < -0.4 is 10.5 Å². The minimum atomic E-state index is -0.258. The highest BCUT2D eigenvalue weighted by molar-refractivity contribution is 5.42. The highest BCUT2D eigenvalue weighted by Gasteiger charge is 2.12. The average molecular weight is 275 g/mol. The van der Waals surface area contributed by atoms with Crippen molar-refractivity contribution in [1.29, 1.82) is 0 Å². The first-order valence-corrected chi connectivity index (χ1v) is 6.45. The Kier molecular flexibility index (Phi) is 4.58. The van der Waals surface area contributed by atoms with E-state index >= 15 is 0 Å². The zero-order chi connectivity index (χ0) is 14.5. The third-order valence-corrected chi connectivity index (χ3v) is 3.35. The van der Waals surface area contributed by atoms with Gasteiger partial charge in [-0.1, -0.05) is 18.2 Å². The van der Waals surface area contributed by atoms with Crippen LogP contribution in [0.2, 0.25) is 0 Å². The van der Waals surface area contributed by atoms with Gasteiger partial charge in [-0.05, 0) is 48.4 Å². The lowest BCUT2D eigenvalue weighted by Crippen LogP contribution is -2.15. The van der Waals surface area contributed by atoms with E-state index in [1.165, 1.54) is 19.2 Å². The molecule has 0 heterocycles. The molecule has 1 atom stereocenters. The molecule has 20 heavy (non-hydrogen) atoms. The van der Waals surface area contributed by atoms with Gasteiger partial charge in [0.2, 0.25) is 0 Å². The molecular weight excluding hydrogens is 257 g/mol. The standard InChI is InChI=1S/C16H18FNO2/c1-20-16-7-2-11(9-15(16)19)8-13(10-18)12-3-5-14(17)6-4-12/h2-7,9,13,19H,8,10,18H2,1H3. The Morgan fingerprint density at radius 2 is 1.90 bits per heavy atom. The molecule has 0 amide bonds. The van der Waals surface area contributed by atoms with Crippen molar-refractivity contribution < 1.29 is 14.2 Å². The number of hydrogen-bond acceptors (Lipinski definition) is 3. The predicted octanol–water partition coefficient (Wildman–Crippen LogP) is 2.82. The number of benzene rings is 2. The second kappa shape index (κ2) is 6.39. The number of halogens is 1. The van der Waals surface area contributed by atoms with Crippen molar-refractivity contribution in [1.82, 2.24) is 0 Å². The van der Waals surface area contributed by atoms with Gasteiger partial charge >= 0.3 is 0 Å². The maximum atomic E-state index is 12.9. The lowest BCUT2D eigenvalue weighted by Gasteiger charge is -2.16. The molecule has 4 heteroatoms. The quantitative estimate of drug-likeness (QED) is 0.882. The molecule has 0 saturated heterocycles. The summed E-state index contributed by atoms with van der Waals surface area (Å²) >= 11 is 0. The molecule has 2 aromatic rings. The Labute approximate surface area is 117 Å². The van der Waals surface area contributed by atoms with Gasteiger partial charge in [0.25, 0.3) is 0 Å². The zero-order valence-electron chi connectivity index (χ0n) is 11.3. The summed E-state index contributed by atoms with van der Waals surface area (Å²) in [6.07, 6.45) is 0.680. The fourth-order valence-corrected chi connectivity index (χ4v) is 2.22. The first kappa shape index (κ1) is 14.3. The predicted molar refractivity (Wildman–Crippen MR) is 76.6 cm³/mol. The highest BCUT2D eigenvalue weighted by atomic mass is 19.1. The van der Waals surface area contributed by atoms with Crippen LogP contribution in [0, 0.1) is 5.82 Å². The fourth-order valence-electron chi connectivity index (χ4n) is 2.22. The minimum absolute atomic E-state index is 0.0865. The maximum Gasteiger partial charge on any atom is 0.160 e. The summed E-state index contributed by atoms with van der Waals surface area (Å²) < 4.78 is 18.0. The molecule has 0 saturated carbocycles. The first-order chi connectivity index (χ1) is 9.63. The van der Waals surface area contributed by atoms with E-state index < -0.39 is 0 Å². The second-order valence-corrected chi connectivity index (χ2v) is 4.69. The molecule has 0 aliphatic rings. The van der Waals surface area contributed by atoms with Crippen LogP contribution in [0.5, 0.6) is 11.5 Å². The molecule has 0 spiro atoms. The van der Waals surface area contributed by atoms with E-state index in [1.807, 2.05) is 6.07 Å². The largest absolute Gasteiger partial charge is 0.504 e. The average Bonchev–Trinajstić information content (AvgIpc) is 2.46. The lowest BCUT2D eigenvalue weighted by molar-refractivity contribution is 0.373. The third kappa shape index (κ3) is 3.27. The first-order valence-electron chi connectivity index (χ1n) is 6.45. The summed E-state index contributed by atoms with van der Waals surface area (Å²) in [5.74, 6) is 0.384. The Bertz CT molecular complexity index is 569. The SMILES string of the molecule is COc1ccc(CC(CN)c2ccc(F)cc2)cc1O. The number of nitrogens with two attached hydrogens (primary N) is 1. The maximum absolute atomic E-state index is 12.9. The molecule has 3 N–H and O–H groups in total. The number of phenols is 1. The fraction of sp³-hybridized carbons (Fsp3) is 0.250. The molecule has 0 bridgehead atoms. The van der Waals surface area contributed by atoms with E-state index in [4.69, 9.17) is 10.5 Å². The molecule has 2 rings (SSSR count). The molecule has 106 valence electrons. The molecule has 0 aliphatic carbocycles. The molecule has 0 aromatic heterocycles. The number of hydrogen-bond donors (Lipinski definition) is 2. The van der Waals surface area contributed by atoms with Crippen molar-refractivity contribution in [2.75, 3.05) is 13.7 Å². The molecule has 1 unspecified atom stereocenters. The van der Waals surface area contributed by atoms with E-state index in [-0.39, 0.29) is 17.5 Å². The van der Waals surface area contributed by atoms with Crippen molar-refractivity contribution in [3.05, 3.63) is 59.4 Å². The van der Waals surface area contributed by atoms with Crippen LogP contribution in [-0.2, 0) is 6.42 Å². The smallest absolute Gasteiger partial charge is 0.160 e. The van der Waals surface area contributed by atoms with Crippen LogP contribution in [0.3, 0.4) is 0 Å². The summed E-state index contributed by atoms with van der Waals surface area (Å²) in [7, 11) is 1.51. The lowest BCUT2D eigenvalue weighted by atomic mass is 9.92.